The van der Waals surface area contributed by atoms with E-state index in [1.165, 1.54) is 45.0 Å². The zero-order chi connectivity index (χ0) is 62.4. The van der Waals surface area contributed by atoms with Gasteiger partial charge >= 0.3 is 12.1 Å². The third-order valence-corrected chi connectivity index (χ3v) is 16.6. The van der Waals surface area contributed by atoms with Gasteiger partial charge in [0.2, 0.25) is 29.5 Å². The molecular formula is C57H83ClN6O20S. The number of epoxide rings is 1. The van der Waals surface area contributed by atoms with Crippen LogP contribution in [0.1, 0.15) is 84.6 Å². The summed E-state index contributed by atoms with van der Waals surface area (Å²) in [5.41, 5.74) is -1.26. The molecule has 4 aliphatic heterocycles. The number of amides is 6. The minimum absolute atomic E-state index is 0.0341. The summed E-state index contributed by atoms with van der Waals surface area (Å²) in [4.78, 5) is 125. The number of aliphatic hydroxyl groups is 1. The van der Waals surface area contributed by atoms with Gasteiger partial charge in [0.15, 0.2) is 17.3 Å². The molecule has 0 aromatic heterocycles. The van der Waals surface area contributed by atoms with Crippen LogP contribution in [0.4, 0.5) is 10.5 Å². The van der Waals surface area contributed by atoms with E-state index >= 15 is 0 Å². The Hall–Kier alpha value is -5.59. The van der Waals surface area contributed by atoms with Crippen molar-refractivity contribution in [3.63, 3.8) is 0 Å². The second-order valence-corrected chi connectivity index (χ2v) is 23.1. The number of imide groups is 1. The number of rotatable bonds is 32. The summed E-state index contributed by atoms with van der Waals surface area (Å²) in [6.07, 6.45) is 1.15. The van der Waals surface area contributed by atoms with Crippen molar-refractivity contribution in [2.75, 3.05) is 112 Å². The lowest BCUT2D eigenvalue weighted by molar-refractivity contribution is -0.162. The minimum atomic E-state index is -1.90. The monoisotopic (exact) mass is 1240 g/mol. The van der Waals surface area contributed by atoms with Gasteiger partial charge in [-0.2, -0.15) is 0 Å². The fraction of sp³-hybridized carbons (Fsp3) is 0.667. The van der Waals surface area contributed by atoms with Gasteiger partial charge in [-0.3, -0.25) is 48.6 Å². The summed E-state index contributed by atoms with van der Waals surface area (Å²) in [7, 11) is 5.82. The second kappa shape index (κ2) is 34.1. The molecule has 9 atom stereocenters. The van der Waals surface area contributed by atoms with Gasteiger partial charge in [0.25, 0.3) is 0 Å². The molecule has 2 unspecified atom stereocenters. The molecule has 3 fully saturated rings. The summed E-state index contributed by atoms with van der Waals surface area (Å²) in [6.45, 7) is 7.93. The normalized spacial score (nSPS) is 25.7. The Morgan fingerprint density at radius 3 is 2.33 bits per heavy atom. The Morgan fingerprint density at radius 2 is 1.62 bits per heavy atom. The number of nitrogens with two attached hydrogens (primary N) is 1. The first kappa shape index (κ1) is 70.2. The number of likely N-dealkylation sites (N-methyl/N-ethyl adjacent to an activating group) is 1. The number of allylic oxidation sites excluding steroid dienone is 3. The smallest absolute Gasteiger partial charge is 0.409 e. The van der Waals surface area contributed by atoms with Gasteiger partial charge in [-0.15, -0.1) is 11.8 Å². The topological polar surface area (TPSA) is 329 Å². The molecular weight excluding hydrogens is 1160 g/mol. The van der Waals surface area contributed by atoms with Gasteiger partial charge in [-0.1, -0.05) is 42.3 Å². The number of carbonyl (C=O) groups is 9. The molecule has 28 heteroatoms. The van der Waals surface area contributed by atoms with Crippen molar-refractivity contribution in [1.82, 2.24) is 20.4 Å². The molecule has 5 rings (SSSR count). The van der Waals surface area contributed by atoms with Crippen LogP contribution in [0.25, 0.3) is 0 Å². The van der Waals surface area contributed by atoms with E-state index in [1.807, 2.05) is 13.0 Å². The number of thioether (sulfide) groups is 1. The number of hydrogen-bond donors (Lipinski definition) is 4. The Labute approximate surface area is 504 Å². The lowest BCUT2D eigenvalue weighted by Crippen LogP contribution is -2.63. The highest BCUT2D eigenvalue weighted by atomic mass is 35.5. The number of carbonyl (C=O) groups excluding carboxylic acids is 9. The van der Waals surface area contributed by atoms with Crippen molar-refractivity contribution in [3.8, 4) is 5.75 Å². The summed E-state index contributed by atoms with van der Waals surface area (Å²) in [5.74, 6) is 1.38. The van der Waals surface area contributed by atoms with Gasteiger partial charge in [-0.05, 0) is 57.7 Å². The Balaban J connectivity index is 1.06. The van der Waals surface area contributed by atoms with Crippen LogP contribution < -0.4 is 26.2 Å². The average Bonchev–Trinajstić information content (AvgIpc) is 2.23. The molecule has 4 heterocycles. The highest BCUT2D eigenvalue weighted by Gasteiger charge is 2.64. The number of ether oxygens (including phenoxy) is 9. The fourth-order valence-corrected chi connectivity index (χ4v) is 11.3. The number of ketones is 2. The van der Waals surface area contributed by atoms with Crippen LogP contribution in [-0.4, -0.2) is 222 Å². The van der Waals surface area contributed by atoms with Crippen LogP contribution in [-0.2, 0) is 87.5 Å². The van der Waals surface area contributed by atoms with E-state index < -0.39 is 95.1 Å². The predicted octanol–water partition coefficient (Wildman–Crippen LogP) is 2.54. The van der Waals surface area contributed by atoms with E-state index in [9.17, 15) is 48.3 Å². The fourth-order valence-electron chi connectivity index (χ4n) is 9.85. The number of nitrogens with one attached hydrogen (secondary N) is 2. The van der Waals surface area contributed by atoms with Crippen LogP contribution in [0, 0.1) is 5.92 Å². The number of likely N-dealkylation sites (tertiary alicyclic amines) is 1. The summed E-state index contributed by atoms with van der Waals surface area (Å²) in [6, 6.07) is 2.34. The zero-order valence-corrected chi connectivity index (χ0v) is 51.3. The van der Waals surface area contributed by atoms with Gasteiger partial charge in [0.1, 0.15) is 60.5 Å². The largest absolute Gasteiger partial charge is 0.495 e. The van der Waals surface area contributed by atoms with Gasteiger partial charge in [0.05, 0.1) is 63.6 Å². The third kappa shape index (κ3) is 20.8. The number of alkyl carbamates (subject to hydrolysis) is 1. The number of methoxy groups -OCH3 is 2. The standard InChI is InChI=1S/C57H83ClN6O20S/c1-35-12-9-15-45(76-8)57(74)31-43(82-55(73)61-57)36(2)52-56(4,84-52)46(30-49(69)63(6)41-27-38(26-35)28-42(75-7)51(41)58)83-54(72)37(3)62(5)48(68)16-25-85-44-29-50(70)64(53(44)71)18-10-13-39(65)32-79-23-22-78-20-17-60-47(67)34-80-24-21-77-19-11-14-40(66)33-81-59/h9,12,15,27-28,36-37,43-46,52,74H,10-11,13-14,16-26,29-34,59H2,1-8H3,(H,60,67)(H,61,73)/b15-9+,35-12+/t36?,37-,43-,44?,45+,46-,52-,56-,57-/m1/s1. The molecule has 474 valence electrons. The number of fused-ring (bicyclic) bond motifs is 5. The Bertz CT molecular complexity index is 2580. The molecule has 26 nitrogen and oxygen atoms in total. The molecule has 0 aliphatic carbocycles. The van der Waals surface area contributed by atoms with E-state index in [0.717, 1.165) is 27.8 Å². The first-order chi connectivity index (χ1) is 40.5. The second-order valence-electron chi connectivity index (χ2n) is 21.4. The molecule has 0 spiro atoms. The van der Waals surface area contributed by atoms with Crippen molar-refractivity contribution >= 4 is 82.2 Å². The van der Waals surface area contributed by atoms with Gasteiger partial charge in [-0.25, -0.2) is 15.5 Å². The SMILES string of the molecule is COc1cc2cc(c1Cl)N(C)C(=O)C[C@@H](OC(=O)[C@@H](C)N(C)C(=O)CCSC1CC(=O)N(CCCC(=O)COCCOCCNC(=O)COCCOCCCC(=O)CON)C1=O)[C@@]1(C)O[C@@H]1C(C)[C@H]1C[C@](O)(NC(=O)O1)[C@@H](OC)/C=C/C=C(\C)C2. The molecule has 5 N–H and O–H groups in total. The number of nitrogens with zero attached hydrogens (tertiary/aromatic N) is 3. The number of benzene rings is 1. The molecule has 0 saturated carbocycles. The van der Waals surface area contributed by atoms with Crippen LogP contribution in [0.5, 0.6) is 5.75 Å². The van der Waals surface area contributed by atoms with E-state index in [0.29, 0.717) is 37.3 Å². The van der Waals surface area contributed by atoms with E-state index in [-0.39, 0.29) is 126 Å². The van der Waals surface area contributed by atoms with E-state index in [2.05, 4.69) is 15.5 Å². The first-order valence-corrected chi connectivity index (χ1v) is 29.6. The van der Waals surface area contributed by atoms with Crippen LogP contribution in [0.3, 0.4) is 0 Å². The molecule has 4 bridgehead atoms. The number of Topliss-reactive ketones (excluding diaryl/α,β-unsaturated/α-hetero) is 2. The highest BCUT2D eigenvalue weighted by molar-refractivity contribution is 8.00. The molecule has 0 radical (unpaired) electrons. The molecule has 3 saturated heterocycles. The van der Waals surface area contributed by atoms with Crippen LogP contribution >= 0.6 is 23.4 Å². The zero-order valence-electron chi connectivity index (χ0n) is 49.7. The minimum Gasteiger partial charge on any atom is -0.495 e. The van der Waals surface area contributed by atoms with Crippen molar-refractivity contribution in [2.24, 2.45) is 11.8 Å². The molecule has 4 aliphatic rings. The Morgan fingerprint density at radius 1 is 0.941 bits per heavy atom. The maximum Gasteiger partial charge on any atom is 0.409 e. The lowest BCUT2D eigenvalue weighted by Gasteiger charge is -2.42. The number of halogens is 1. The van der Waals surface area contributed by atoms with Crippen LogP contribution in [0.2, 0.25) is 5.02 Å². The van der Waals surface area contributed by atoms with Crippen molar-refractivity contribution in [2.45, 2.75) is 133 Å². The Kier molecular flexibility index (Phi) is 28.1. The molecule has 85 heavy (non-hydrogen) atoms. The number of anilines is 1. The summed E-state index contributed by atoms with van der Waals surface area (Å²) >= 11 is 7.96. The van der Waals surface area contributed by atoms with Crippen molar-refractivity contribution < 1.29 is 95.7 Å². The van der Waals surface area contributed by atoms with Crippen molar-refractivity contribution in [3.05, 3.63) is 46.5 Å². The lowest BCUT2D eigenvalue weighted by atomic mass is 9.83. The van der Waals surface area contributed by atoms with Gasteiger partial charge in [0, 0.05) is 84.7 Å². The summed E-state index contributed by atoms with van der Waals surface area (Å²) in [5, 5.41) is 16.4. The third-order valence-electron chi connectivity index (χ3n) is 15.0. The maximum absolute atomic E-state index is 14.4. The van der Waals surface area contributed by atoms with E-state index in [1.54, 1.807) is 38.1 Å². The number of esters is 1. The average molecular weight is 1240 g/mol. The quantitative estimate of drug-likeness (QED) is 0.0265. The molecule has 1 aromatic rings. The first-order valence-electron chi connectivity index (χ1n) is 28.2. The molecule has 1 aromatic carbocycles. The highest BCUT2D eigenvalue weighted by Crippen LogP contribution is 2.49. The summed E-state index contributed by atoms with van der Waals surface area (Å²) < 4.78 is 50.8. The van der Waals surface area contributed by atoms with Crippen LogP contribution in [0.15, 0.2) is 35.9 Å². The van der Waals surface area contributed by atoms with Crippen molar-refractivity contribution in [1.29, 1.82) is 0 Å². The van der Waals surface area contributed by atoms with Gasteiger partial charge < -0.3 is 62.9 Å². The number of hydrogen-bond acceptors (Lipinski definition) is 22. The van der Waals surface area contributed by atoms with E-state index in [4.69, 9.17) is 60.1 Å². The molecule has 6 amide bonds. The predicted molar refractivity (Wildman–Crippen MR) is 308 cm³/mol. The maximum atomic E-state index is 14.4.